The molecule has 2 aliphatic rings. The first kappa shape index (κ1) is 15.6. The monoisotopic (exact) mass is 316 g/mol. The number of nitrogens with zero attached hydrogens (tertiary/aromatic N) is 2. The minimum Gasteiger partial charge on any atom is -0.306 e. The van der Waals surface area contributed by atoms with Crippen LogP contribution in [0.25, 0.3) is 0 Å². The average Bonchev–Trinajstić information content (AvgIpc) is 2.62. The van der Waals surface area contributed by atoms with Crippen LogP contribution in [0.4, 0.5) is 5.69 Å². The molecular formula is C14H21ClN2O2S. The van der Waals surface area contributed by atoms with Crippen LogP contribution >= 0.6 is 12.4 Å². The highest BCUT2D eigenvalue weighted by Crippen LogP contribution is 2.45. The number of piperidine rings is 1. The van der Waals surface area contributed by atoms with Crippen molar-refractivity contribution in [3.05, 3.63) is 29.3 Å². The Bertz CT molecular complexity index is 618. The number of hydrogen-bond acceptors (Lipinski definition) is 3. The molecule has 0 aromatic heterocycles. The highest BCUT2D eigenvalue weighted by Gasteiger charge is 2.44. The lowest BCUT2D eigenvalue weighted by atomic mass is 9.89. The Labute approximate surface area is 127 Å². The van der Waals surface area contributed by atoms with Crippen molar-refractivity contribution in [2.24, 2.45) is 0 Å². The molecule has 0 amide bonds. The molecule has 0 aliphatic carbocycles. The molecule has 3 rings (SSSR count). The summed E-state index contributed by atoms with van der Waals surface area (Å²) in [6.45, 7) is 3.96. The number of aryl methyl sites for hydroxylation is 1. The van der Waals surface area contributed by atoms with Gasteiger partial charge in [0.2, 0.25) is 10.0 Å². The first-order valence-electron chi connectivity index (χ1n) is 6.66. The zero-order valence-corrected chi connectivity index (χ0v) is 13.7. The fourth-order valence-electron chi connectivity index (χ4n) is 3.46. The molecule has 2 aliphatic heterocycles. The van der Waals surface area contributed by atoms with Crippen LogP contribution in [0.3, 0.4) is 0 Å². The maximum Gasteiger partial charge on any atom is 0.232 e. The summed E-state index contributed by atoms with van der Waals surface area (Å²) in [6.07, 6.45) is 2.22. The van der Waals surface area contributed by atoms with Gasteiger partial charge in [-0.25, -0.2) is 8.42 Å². The second-order valence-electron chi connectivity index (χ2n) is 5.85. The number of sulfonamides is 1. The summed E-state index contributed by atoms with van der Waals surface area (Å²) in [6, 6.07) is 6.21. The van der Waals surface area contributed by atoms with Gasteiger partial charge in [0.1, 0.15) is 0 Å². The van der Waals surface area contributed by atoms with Crippen LogP contribution in [-0.4, -0.2) is 45.8 Å². The van der Waals surface area contributed by atoms with Crippen LogP contribution in [0, 0.1) is 6.92 Å². The lowest BCUT2D eigenvalue weighted by Gasteiger charge is -2.36. The SMILES string of the molecule is Cc1ccc2c(c1)C1CN(C)CCC1N2S(C)(=O)=O.Cl. The van der Waals surface area contributed by atoms with E-state index in [0.717, 1.165) is 25.2 Å². The second kappa shape index (κ2) is 5.20. The van der Waals surface area contributed by atoms with Crippen molar-refractivity contribution < 1.29 is 8.42 Å². The number of halogens is 1. The van der Waals surface area contributed by atoms with Gasteiger partial charge in [-0.15, -0.1) is 12.4 Å². The molecule has 0 spiro atoms. The van der Waals surface area contributed by atoms with Crippen LogP contribution in [-0.2, 0) is 10.0 Å². The number of likely N-dealkylation sites (N-methyl/N-ethyl adjacent to an activating group) is 1. The molecule has 112 valence electrons. The fraction of sp³-hybridized carbons (Fsp3) is 0.571. The van der Waals surface area contributed by atoms with E-state index in [9.17, 15) is 8.42 Å². The van der Waals surface area contributed by atoms with Gasteiger partial charge in [-0.1, -0.05) is 17.7 Å². The second-order valence-corrected chi connectivity index (χ2v) is 7.71. The number of hydrogen-bond donors (Lipinski definition) is 0. The molecule has 2 heterocycles. The van der Waals surface area contributed by atoms with Gasteiger partial charge < -0.3 is 4.90 Å². The van der Waals surface area contributed by atoms with Gasteiger partial charge in [0.05, 0.1) is 18.0 Å². The molecule has 1 fully saturated rings. The summed E-state index contributed by atoms with van der Waals surface area (Å²) in [5.41, 5.74) is 3.28. The number of likely N-dealkylation sites (tertiary alicyclic amines) is 1. The summed E-state index contributed by atoms with van der Waals surface area (Å²) < 4.78 is 25.9. The predicted molar refractivity (Wildman–Crippen MR) is 84.4 cm³/mol. The van der Waals surface area contributed by atoms with E-state index >= 15 is 0 Å². The van der Waals surface area contributed by atoms with Gasteiger partial charge in [0.25, 0.3) is 0 Å². The van der Waals surface area contributed by atoms with Gasteiger partial charge in [0.15, 0.2) is 0 Å². The van der Waals surface area contributed by atoms with Crippen molar-refractivity contribution in [1.82, 2.24) is 4.90 Å². The molecule has 1 aromatic carbocycles. The fourth-order valence-corrected chi connectivity index (χ4v) is 4.73. The van der Waals surface area contributed by atoms with E-state index in [1.165, 1.54) is 17.4 Å². The molecule has 2 unspecified atom stereocenters. The van der Waals surface area contributed by atoms with Crippen LogP contribution in [0.5, 0.6) is 0 Å². The van der Waals surface area contributed by atoms with E-state index in [0.29, 0.717) is 5.92 Å². The Morgan fingerprint density at radius 1 is 1.30 bits per heavy atom. The van der Waals surface area contributed by atoms with Gasteiger partial charge in [-0.2, -0.15) is 0 Å². The molecule has 20 heavy (non-hydrogen) atoms. The molecule has 1 aromatic rings. The summed E-state index contributed by atoms with van der Waals surface area (Å²) in [5, 5.41) is 0. The van der Waals surface area contributed by atoms with Crippen molar-refractivity contribution >= 4 is 28.1 Å². The first-order chi connectivity index (χ1) is 8.88. The summed E-state index contributed by atoms with van der Waals surface area (Å²) in [5.74, 6) is 0.309. The third-order valence-corrected chi connectivity index (χ3v) is 5.44. The Morgan fingerprint density at radius 3 is 2.65 bits per heavy atom. The summed E-state index contributed by atoms with van der Waals surface area (Å²) in [4.78, 5) is 2.29. The van der Waals surface area contributed by atoms with Crippen LogP contribution in [0.15, 0.2) is 18.2 Å². The van der Waals surface area contributed by atoms with Crippen LogP contribution in [0.2, 0.25) is 0 Å². The summed E-state index contributed by atoms with van der Waals surface area (Å²) >= 11 is 0. The lowest BCUT2D eigenvalue weighted by Crippen LogP contribution is -2.46. The van der Waals surface area contributed by atoms with E-state index in [-0.39, 0.29) is 18.4 Å². The maximum atomic E-state index is 12.1. The highest BCUT2D eigenvalue weighted by molar-refractivity contribution is 7.92. The smallest absolute Gasteiger partial charge is 0.232 e. The average molecular weight is 317 g/mol. The molecule has 0 bridgehead atoms. The van der Waals surface area contributed by atoms with Crippen molar-refractivity contribution in [2.75, 3.05) is 30.7 Å². The van der Waals surface area contributed by atoms with E-state index in [1.807, 2.05) is 12.1 Å². The molecule has 0 N–H and O–H groups in total. The zero-order chi connectivity index (χ0) is 13.8. The van der Waals surface area contributed by atoms with Gasteiger partial charge >= 0.3 is 0 Å². The third-order valence-electron chi connectivity index (χ3n) is 4.26. The van der Waals surface area contributed by atoms with E-state index in [1.54, 1.807) is 4.31 Å². The standard InChI is InChI=1S/C14H20N2O2S.ClH/c1-10-4-5-13-11(8-10)12-9-15(2)7-6-14(12)16(13)19(3,17)18;/h4-5,8,12,14H,6-7,9H2,1-3H3;1H. The van der Waals surface area contributed by atoms with Crippen molar-refractivity contribution in [3.63, 3.8) is 0 Å². The number of anilines is 1. The van der Waals surface area contributed by atoms with E-state index in [2.05, 4.69) is 24.9 Å². The Morgan fingerprint density at radius 2 is 2.00 bits per heavy atom. The largest absolute Gasteiger partial charge is 0.306 e. The van der Waals surface area contributed by atoms with Crippen LogP contribution in [0.1, 0.15) is 23.5 Å². The molecule has 2 atom stereocenters. The number of benzene rings is 1. The van der Waals surface area contributed by atoms with E-state index in [4.69, 9.17) is 0 Å². The Balaban J connectivity index is 0.00000147. The topological polar surface area (TPSA) is 40.6 Å². The van der Waals surface area contributed by atoms with Crippen molar-refractivity contribution in [1.29, 1.82) is 0 Å². The molecule has 1 saturated heterocycles. The number of fused-ring (bicyclic) bond motifs is 3. The molecule has 0 saturated carbocycles. The predicted octanol–water partition coefficient (Wildman–Crippen LogP) is 1.98. The molecule has 4 nitrogen and oxygen atoms in total. The Kier molecular flexibility index (Phi) is 4.06. The maximum absolute atomic E-state index is 12.1. The molecular weight excluding hydrogens is 296 g/mol. The summed E-state index contributed by atoms with van der Waals surface area (Å²) in [7, 11) is -1.10. The minimum absolute atomic E-state index is 0. The quantitative estimate of drug-likeness (QED) is 0.795. The molecule has 6 heteroatoms. The third kappa shape index (κ3) is 2.43. The van der Waals surface area contributed by atoms with Crippen molar-refractivity contribution in [2.45, 2.75) is 25.3 Å². The Hall–Kier alpha value is -0.780. The minimum atomic E-state index is -3.20. The van der Waals surface area contributed by atoms with Gasteiger partial charge in [-0.05, 0) is 38.6 Å². The molecule has 0 radical (unpaired) electrons. The first-order valence-corrected chi connectivity index (χ1v) is 8.51. The van der Waals surface area contributed by atoms with Gasteiger partial charge in [-0.3, -0.25) is 4.31 Å². The normalized spacial score (nSPS) is 25.9. The lowest BCUT2D eigenvalue weighted by molar-refractivity contribution is 0.237. The van der Waals surface area contributed by atoms with Crippen LogP contribution < -0.4 is 4.31 Å². The van der Waals surface area contributed by atoms with Gasteiger partial charge in [0, 0.05) is 12.5 Å². The zero-order valence-electron chi connectivity index (χ0n) is 12.0. The number of rotatable bonds is 1. The van der Waals surface area contributed by atoms with Crippen molar-refractivity contribution in [3.8, 4) is 0 Å². The highest BCUT2D eigenvalue weighted by atomic mass is 35.5. The van der Waals surface area contributed by atoms with E-state index < -0.39 is 10.0 Å².